The summed E-state index contributed by atoms with van der Waals surface area (Å²) in [5.74, 6) is 1.83. The summed E-state index contributed by atoms with van der Waals surface area (Å²) in [6.45, 7) is 4.81. The molecule has 28 heavy (non-hydrogen) atoms. The van der Waals surface area contributed by atoms with Crippen LogP contribution in [-0.2, 0) is 6.54 Å². The van der Waals surface area contributed by atoms with Crippen LogP contribution in [0.25, 0.3) is 0 Å². The highest BCUT2D eigenvalue weighted by molar-refractivity contribution is 6.31. The third-order valence-electron chi connectivity index (χ3n) is 4.90. The minimum Gasteiger partial charge on any atom is -0.493 e. The van der Waals surface area contributed by atoms with E-state index in [2.05, 4.69) is 16.2 Å². The summed E-state index contributed by atoms with van der Waals surface area (Å²) in [6, 6.07) is 11.8. The van der Waals surface area contributed by atoms with Crippen LogP contribution in [0.5, 0.6) is 17.2 Å². The van der Waals surface area contributed by atoms with E-state index in [0.29, 0.717) is 17.2 Å². The molecule has 1 N–H and O–H groups in total. The van der Waals surface area contributed by atoms with E-state index in [4.69, 9.17) is 25.8 Å². The number of quaternary nitrogens is 1. The maximum atomic E-state index is 6.28. The van der Waals surface area contributed by atoms with Crippen molar-refractivity contribution in [3.8, 4) is 17.2 Å². The molecule has 0 aliphatic carbocycles. The summed E-state index contributed by atoms with van der Waals surface area (Å²) >= 11 is 6.28. The number of ether oxygens (including phenoxy) is 3. The number of piperazine rings is 1. The van der Waals surface area contributed by atoms with Crippen molar-refractivity contribution in [3.63, 3.8) is 0 Å². The lowest BCUT2D eigenvalue weighted by Gasteiger charge is -2.30. The Balaban J connectivity index is 1.60. The average Bonchev–Trinajstić information content (AvgIpc) is 2.74. The minimum atomic E-state index is 0.582. The van der Waals surface area contributed by atoms with Gasteiger partial charge < -0.3 is 19.1 Å². The highest BCUT2D eigenvalue weighted by Crippen LogP contribution is 2.37. The fourth-order valence-corrected chi connectivity index (χ4v) is 3.54. The molecule has 0 atom stereocenters. The first-order valence-corrected chi connectivity index (χ1v) is 9.68. The number of hydrogen-bond acceptors (Lipinski definition) is 5. The van der Waals surface area contributed by atoms with Crippen LogP contribution >= 0.6 is 11.6 Å². The van der Waals surface area contributed by atoms with Crippen molar-refractivity contribution in [3.05, 3.63) is 52.5 Å². The van der Waals surface area contributed by atoms with E-state index in [0.717, 1.165) is 43.3 Å². The van der Waals surface area contributed by atoms with E-state index in [9.17, 15) is 0 Å². The normalized spacial score (nSPS) is 15.1. The van der Waals surface area contributed by atoms with Crippen LogP contribution in [-0.4, -0.2) is 58.7 Å². The lowest BCUT2D eigenvalue weighted by Crippen LogP contribution is -3.13. The maximum absolute atomic E-state index is 6.28. The van der Waals surface area contributed by atoms with Crippen molar-refractivity contribution in [1.82, 2.24) is 5.01 Å². The zero-order chi connectivity index (χ0) is 19.9. The zero-order valence-corrected chi connectivity index (χ0v) is 17.3. The van der Waals surface area contributed by atoms with Crippen molar-refractivity contribution in [2.45, 2.75) is 6.54 Å². The molecule has 0 amide bonds. The number of halogens is 1. The highest BCUT2D eigenvalue weighted by atomic mass is 35.5. The number of nitrogens with one attached hydrogen (secondary N) is 1. The monoisotopic (exact) mass is 404 g/mol. The van der Waals surface area contributed by atoms with E-state index >= 15 is 0 Å². The molecule has 3 rings (SSSR count). The average molecular weight is 405 g/mol. The summed E-state index contributed by atoms with van der Waals surface area (Å²) in [5, 5.41) is 7.58. The van der Waals surface area contributed by atoms with Crippen LogP contribution in [0.2, 0.25) is 5.02 Å². The van der Waals surface area contributed by atoms with E-state index in [-0.39, 0.29) is 0 Å². The second kappa shape index (κ2) is 9.66. The van der Waals surface area contributed by atoms with Gasteiger partial charge in [-0.25, -0.2) is 0 Å². The van der Waals surface area contributed by atoms with Gasteiger partial charge in [-0.2, -0.15) is 5.10 Å². The molecule has 7 heteroatoms. The zero-order valence-electron chi connectivity index (χ0n) is 16.6. The lowest BCUT2D eigenvalue weighted by molar-refractivity contribution is -0.918. The Labute approximate surface area is 171 Å². The summed E-state index contributed by atoms with van der Waals surface area (Å²) in [7, 11) is 4.82. The SMILES string of the molecule is COc1cc(/C=N\N2CC[NH+](Cc3ccccc3Cl)CC2)cc(OC)c1OC. The third-order valence-corrected chi connectivity index (χ3v) is 5.27. The molecule has 1 saturated heterocycles. The summed E-state index contributed by atoms with van der Waals surface area (Å²) in [4.78, 5) is 1.52. The molecule has 0 saturated carbocycles. The Hall–Kier alpha value is -2.44. The van der Waals surface area contributed by atoms with Crippen molar-refractivity contribution < 1.29 is 19.1 Å². The van der Waals surface area contributed by atoms with Gasteiger partial charge in [-0.05, 0) is 18.2 Å². The van der Waals surface area contributed by atoms with Gasteiger partial charge in [-0.15, -0.1) is 0 Å². The number of rotatable bonds is 7. The molecule has 1 aliphatic rings. The van der Waals surface area contributed by atoms with Gasteiger partial charge in [-0.3, -0.25) is 5.01 Å². The molecule has 0 spiro atoms. The minimum absolute atomic E-state index is 0.582. The van der Waals surface area contributed by atoms with Crippen LogP contribution in [0.15, 0.2) is 41.5 Å². The number of hydrazone groups is 1. The van der Waals surface area contributed by atoms with Crippen LogP contribution in [0.4, 0.5) is 0 Å². The number of benzene rings is 2. The molecule has 6 nitrogen and oxygen atoms in total. The Kier molecular flexibility index (Phi) is 7.01. The van der Waals surface area contributed by atoms with Crippen molar-refractivity contribution >= 4 is 17.8 Å². The Morgan fingerprint density at radius 2 is 1.68 bits per heavy atom. The Morgan fingerprint density at radius 1 is 1.04 bits per heavy atom. The van der Waals surface area contributed by atoms with E-state index < -0.39 is 0 Å². The number of methoxy groups -OCH3 is 3. The number of nitrogens with zero attached hydrogens (tertiary/aromatic N) is 2. The molecule has 2 aromatic carbocycles. The molecule has 1 fully saturated rings. The third kappa shape index (κ3) is 4.88. The topological polar surface area (TPSA) is 47.7 Å². The van der Waals surface area contributed by atoms with Crippen molar-refractivity contribution in [2.24, 2.45) is 5.10 Å². The molecule has 0 unspecified atom stereocenters. The lowest BCUT2D eigenvalue weighted by atomic mass is 10.2. The van der Waals surface area contributed by atoms with E-state index in [1.54, 1.807) is 21.3 Å². The smallest absolute Gasteiger partial charge is 0.203 e. The van der Waals surface area contributed by atoms with Gasteiger partial charge in [0, 0.05) is 16.1 Å². The Bertz CT molecular complexity index is 795. The predicted molar refractivity (Wildman–Crippen MR) is 111 cm³/mol. The molecule has 1 aliphatic heterocycles. The van der Waals surface area contributed by atoms with E-state index in [1.165, 1.54) is 10.5 Å². The van der Waals surface area contributed by atoms with Crippen LogP contribution in [0.3, 0.4) is 0 Å². The summed E-state index contributed by atoms with van der Waals surface area (Å²) in [6.07, 6.45) is 1.84. The van der Waals surface area contributed by atoms with Gasteiger partial charge >= 0.3 is 0 Å². The molecular weight excluding hydrogens is 378 g/mol. The summed E-state index contributed by atoms with van der Waals surface area (Å²) in [5.41, 5.74) is 2.11. The molecule has 150 valence electrons. The summed E-state index contributed by atoms with van der Waals surface area (Å²) < 4.78 is 16.2. The first-order valence-electron chi connectivity index (χ1n) is 9.30. The molecule has 2 aromatic rings. The van der Waals surface area contributed by atoms with Gasteiger partial charge in [0.05, 0.1) is 53.7 Å². The van der Waals surface area contributed by atoms with Crippen molar-refractivity contribution in [1.29, 1.82) is 0 Å². The maximum Gasteiger partial charge on any atom is 0.203 e. The van der Waals surface area contributed by atoms with E-state index in [1.807, 2.05) is 36.5 Å². The van der Waals surface area contributed by atoms with Crippen LogP contribution < -0.4 is 19.1 Å². The number of hydrogen-bond donors (Lipinski definition) is 1. The second-order valence-corrected chi connectivity index (χ2v) is 7.08. The first-order chi connectivity index (χ1) is 13.6. The van der Waals surface area contributed by atoms with Crippen LogP contribution in [0.1, 0.15) is 11.1 Å². The fourth-order valence-electron chi connectivity index (χ4n) is 3.34. The first kappa shape index (κ1) is 20.3. The fraction of sp³-hybridized carbons (Fsp3) is 0.381. The molecule has 0 aromatic heterocycles. The molecular formula is C21H27ClN3O3+. The second-order valence-electron chi connectivity index (χ2n) is 6.68. The quantitative estimate of drug-likeness (QED) is 0.718. The molecule has 0 bridgehead atoms. The highest BCUT2D eigenvalue weighted by Gasteiger charge is 2.20. The van der Waals surface area contributed by atoms with Gasteiger partial charge in [0.1, 0.15) is 6.54 Å². The van der Waals surface area contributed by atoms with Crippen molar-refractivity contribution in [2.75, 3.05) is 47.5 Å². The largest absolute Gasteiger partial charge is 0.493 e. The van der Waals surface area contributed by atoms with Gasteiger partial charge in [0.25, 0.3) is 0 Å². The molecule has 1 heterocycles. The molecule has 0 radical (unpaired) electrons. The standard InChI is InChI=1S/C21H26ClN3O3/c1-26-19-12-16(13-20(27-2)21(19)28-3)14-23-25-10-8-24(9-11-25)15-17-6-4-5-7-18(17)22/h4-7,12-14H,8-11,15H2,1-3H3/p+1/b23-14-. The van der Waals surface area contributed by atoms with Crippen LogP contribution in [0, 0.1) is 0 Å². The predicted octanol–water partition coefficient (Wildman–Crippen LogP) is 2.10. The van der Waals surface area contributed by atoms with Gasteiger partial charge in [-0.1, -0.05) is 29.8 Å². The Morgan fingerprint density at radius 3 is 2.25 bits per heavy atom. The van der Waals surface area contributed by atoms with Gasteiger partial charge in [0.2, 0.25) is 5.75 Å². The van der Waals surface area contributed by atoms with Gasteiger partial charge in [0.15, 0.2) is 11.5 Å².